The highest BCUT2D eigenvalue weighted by molar-refractivity contribution is 7.96. The van der Waals surface area contributed by atoms with Gasteiger partial charge in [-0.05, 0) is 43.2 Å². The van der Waals surface area contributed by atoms with E-state index >= 15 is 0 Å². The number of halogens is 1. The van der Waals surface area contributed by atoms with Gasteiger partial charge in [0.2, 0.25) is 25.6 Å². The van der Waals surface area contributed by atoms with Crippen LogP contribution in [-0.4, -0.2) is 42.1 Å². The number of rotatable bonds is 13. The van der Waals surface area contributed by atoms with E-state index in [0.29, 0.717) is 25.7 Å². The predicted octanol–water partition coefficient (Wildman–Crippen LogP) is 5.42. The van der Waals surface area contributed by atoms with Gasteiger partial charge in [-0.15, -0.1) is 0 Å². The minimum atomic E-state index is -4.55. The second-order valence-corrected chi connectivity index (χ2v) is 15.2. The Bertz CT molecular complexity index is 1460. The average molecular weight is 604 g/mol. The molecule has 2 aromatic rings. The summed E-state index contributed by atoms with van der Waals surface area (Å²) in [6.07, 6.45) is 4.05. The molecule has 0 bridgehead atoms. The summed E-state index contributed by atoms with van der Waals surface area (Å²) in [6, 6.07) is 11.0. The number of allylic oxidation sites excluding steroid dienone is 1. The summed E-state index contributed by atoms with van der Waals surface area (Å²) < 4.78 is 81.7. The standard InChI is InChI=1S/C25H31ClNO8PS2/c1-4-6-16-34-36(29,35-17-7-5-2)25(27-37(3,30)31)18-23(24(28)21-10-8-9-11-22(21)25)38(32,33)20-14-12-19(26)13-15-20/h8-15,18,27H,4-7,16-17H2,1-3H3. The van der Waals surface area contributed by atoms with Crippen LogP contribution in [-0.2, 0) is 38.8 Å². The number of sulfonamides is 1. The third-order valence-electron chi connectivity index (χ3n) is 5.85. The molecule has 0 fully saturated rings. The molecule has 0 saturated heterocycles. The number of sulfone groups is 1. The van der Waals surface area contributed by atoms with E-state index in [1.165, 1.54) is 48.5 Å². The van der Waals surface area contributed by atoms with E-state index in [4.69, 9.17) is 20.6 Å². The Balaban J connectivity index is 2.40. The maximum atomic E-state index is 14.7. The first-order valence-electron chi connectivity index (χ1n) is 12.1. The Morgan fingerprint density at radius 2 is 1.47 bits per heavy atom. The van der Waals surface area contributed by atoms with Crippen LogP contribution in [0.15, 0.2) is 64.4 Å². The lowest BCUT2D eigenvalue weighted by molar-refractivity contribution is 0.103. The van der Waals surface area contributed by atoms with E-state index in [1.807, 2.05) is 13.8 Å². The molecule has 1 atom stereocenters. The van der Waals surface area contributed by atoms with Crippen molar-refractivity contribution < 1.29 is 35.2 Å². The number of hydrogen-bond acceptors (Lipinski definition) is 8. The molecule has 2 aromatic carbocycles. The van der Waals surface area contributed by atoms with E-state index in [-0.39, 0.29) is 34.3 Å². The minimum absolute atomic E-state index is 0.0261. The summed E-state index contributed by atoms with van der Waals surface area (Å²) in [5, 5.41) is -2.05. The van der Waals surface area contributed by atoms with Crippen LogP contribution in [0.5, 0.6) is 0 Å². The van der Waals surface area contributed by atoms with Gasteiger partial charge in [0, 0.05) is 16.1 Å². The summed E-state index contributed by atoms with van der Waals surface area (Å²) in [5.41, 5.74) is -0.168. The number of benzene rings is 2. The third-order valence-corrected chi connectivity index (χ3v) is 11.1. The minimum Gasteiger partial charge on any atom is -0.307 e. The number of unbranched alkanes of at least 4 members (excludes halogenated alkanes) is 2. The van der Waals surface area contributed by atoms with Crippen LogP contribution < -0.4 is 4.72 Å². The second kappa shape index (κ2) is 12.1. The molecule has 38 heavy (non-hydrogen) atoms. The molecule has 0 saturated carbocycles. The molecule has 13 heteroatoms. The molecule has 0 heterocycles. The zero-order valence-corrected chi connectivity index (χ0v) is 24.6. The highest BCUT2D eigenvalue weighted by Crippen LogP contribution is 2.66. The van der Waals surface area contributed by atoms with Gasteiger partial charge in [0.15, 0.2) is 5.28 Å². The Labute approximate surface area is 229 Å². The van der Waals surface area contributed by atoms with Crippen LogP contribution in [0.2, 0.25) is 5.02 Å². The Morgan fingerprint density at radius 3 is 2.00 bits per heavy atom. The predicted molar refractivity (Wildman–Crippen MR) is 146 cm³/mol. The smallest absolute Gasteiger partial charge is 0.307 e. The molecule has 3 rings (SSSR count). The zero-order chi connectivity index (χ0) is 28.2. The van der Waals surface area contributed by atoms with Crippen molar-refractivity contribution in [3.05, 3.63) is 75.7 Å². The van der Waals surface area contributed by atoms with Crippen molar-refractivity contribution in [1.29, 1.82) is 0 Å². The van der Waals surface area contributed by atoms with Gasteiger partial charge < -0.3 is 9.05 Å². The summed E-state index contributed by atoms with van der Waals surface area (Å²) >= 11 is 5.92. The molecule has 9 nitrogen and oxygen atoms in total. The summed E-state index contributed by atoms with van der Waals surface area (Å²) in [7, 11) is -13.2. The molecule has 1 N–H and O–H groups in total. The molecule has 0 amide bonds. The van der Waals surface area contributed by atoms with Crippen LogP contribution in [0, 0.1) is 0 Å². The van der Waals surface area contributed by atoms with Crippen molar-refractivity contribution in [3.63, 3.8) is 0 Å². The number of hydrogen-bond donors (Lipinski definition) is 1. The van der Waals surface area contributed by atoms with Crippen molar-refractivity contribution >= 4 is 44.8 Å². The molecular weight excluding hydrogens is 573 g/mol. The van der Waals surface area contributed by atoms with Gasteiger partial charge >= 0.3 is 7.60 Å². The number of nitrogens with one attached hydrogen (secondary N) is 1. The fraction of sp³-hybridized carbons (Fsp3) is 0.400. The molecule has 1 aliphatic carbocycles. The monoisotopic (exact) mass is 603 g/mol. The lowest BCUT2D eigenvalue weighted by Crippen LogP contribution is -2.48. The van der Waals surface area contributed by atoms with Gasteiger partial charge in [0.05, 0.1) is 24.4 Å². The van der Waals surface area contributed by atoms with E-state index in [0.717, 1.165) is 12.3 Å². The van der Waals surface area contributed by atoms with E-state index in [1.54, 1.807) is 0 Å². The number of fused-ring (bicyclic) bond motifs is 1. The average Bonchev–Trinajstić information content (AvgIpc) is 2.85. The molecule has 0 radical (unpaired) electrons. The van der Waals surface area contributed by atoms with Gasteiger partial charge in [0.25, 0.3) is 0 Å². The Kier molecular flexibility index (Phi) is 9.79. The Morgan fingerprint density at radius 1 is 0.921 bits per heavy atom. The van der Waals surface area contributed by atoms with Crippen LogP contribution in [0.1, 0.15) is 55.5 Å². The van der Waals surface area contributed by atoms with Crippen molar-refractivity contribution in [1.82, 2.24) is 4.72 Å². The molecule has 0 aromatic heterocycles. The topological polar surface area (TPSA) is 133 Å². The highest BCUT2D eigenvalue weighted by atomic mass is 35.5. The van der Waals surface area contributed by atoms with Gasteiger partial charge in [-0.3, -0.25) is 9.36 Å². The molecule has 0 spiro atoms. The van der Waals surface area contributed by atoms with E-state index in [2.05, 4.69) is 4.72 Å². The summed E-state index contributed by atoms with van der Waals surface area (Å²) in [6.45, 7) is 3.69. The molecule has 1 aliphatic rings. The maximum absolute atomic E-state index is 14.7. The van der Waals surface area contributed by atoms with Gasteiger partial charge in [0.1, 0.15) is 4.91 Å². The van der Waals surface area contributed by atoms with Crippen molar-refractivity contribution in [2.24, 2.45) is 0 Å². The molecule has 208 valence electrons. The van der Waals surface area contributed by atoms with Crippen molar-refractivity contribution in [2.45, 2.75) is 49.7 Å². The van der Waals surface area contributed by atoms with Crippen molar-refractivity contribution in [3.8, 4) is 0 Å². The Hall–Kier alpha value is -1.85. The van der Waals surface area contributed by atoms with Crippen LogP contribution in [0.3, 0.4) is 0 Å². The third kappa shape index (κ3) is 6.31. The summed E-state index contributed by atoms with van der Waals surface area (Å²) in [5.74, 6) is -0.879. The molecule has 1 unspecified atom stereocenters. The summed E-state index contributed by atoms with van der Waals surface area (Å²) in [4.78, 5) is 12.6. The second-order valence-electron chi connectivity index (χ2n) is 8.85. The largest absolute Gasteiger partial charge is 0.360 e. The lowest BCUT2D eigenvalue weighted by Gasteiger charge is -2.40. The van der Waals surface area contributed by atoms with Crippen LogP contribution in [0.4, 0.5) is 0 Å². The first kappa shape index (κ1) is 30.7. The van der Waals surface area contributed by atoms with Gasteiger partial charge in [-0.2, -0.15) is 4.72 Å². The normalized spacial score (nSPS) is 18.2. The highest BCUT2D eigenvalue weighted by Gasteiger charge is 2.58. The maximum Gasteiger partial charge on any atom is 0.360 e. The fourth-order valence-electron chi connectivity index (χ4n) is 3.97. The number of ketones is 1. The lowest BCUT2D eigenvalue weighted by atomic mass is 9.92. The van der Waals surface area contributed by atoms with Crippen molar-refractivity contribution in [2.75, 3.05) is 19.5 Å². The first-order chi connectivity index (χ1) is 17.8. The van der Waals surface area contributed by atoms with Gasteiger partial charge in [-0.1, -0.05) is 62.6 Å². The first-order valence-corrected chi connectivity index (χ1v) is 17.4. The quantitative estimate of drug-likeness (QED) is 0.237. The zero-order valence-electron chi connectivity index (χ0n) is 21.3. The van der Waals surface area contributed by atoms with Crippen LogP contribution in [0.25, 0.3) is 0 Å². The molecular formula is C25H31ClNO8PS2. The van der Waals surface area contributed by atoms with E-state index in [9.17, 15) is 26.2 Å². The SMILES string of the molecule is CCCCOP(=O)(OCCCC)C1(NS(C)(=O)=O)C=C(S(=O)(=O)c2ccc(Cl)cc2)C(=O)c2ccccc21. The number of carbonyl (C=O) groups excluding carboxylic acids is 1. The molecule has 0 aliphatic heterocycles. The number of carbonyl (C=O) groups is 1. The van der Waals surface area contributed by atoms with Gasteiger partial charge in [-0.25, -0.2) is 16.8 Å². The van der Waals surface area contributed by atoms with Crippen LogP contribution >= 0.6 is 19.2 Å². The van der Waals surface area contributed by atoms with E-state index < -0.39 is 43.4 Å². The fourth-order valence-corrected chi connectivity index (χ4v) is 9.29. The number of Topliss-reactive ketones (excluding diaryl/α,β-unsaturated/α-hetero) is 1.